The number of azo groups is 1. The van der Waals surface area contributed by atoms with Crippen LogP contribution in [0.5, 0.6) is 0 Å². The molecule has 0 radical (unpaired) electrons. The molecule has 0 saturated heterocycles. The first kappa shape index (κ1) is 19.8. The summed E-state index contributed by atoms with van der Waals surface area (Å²) in [6.07, 6.45) is 0. The molecule has 0 fully saturated rings. The van der Waals surface area contributed by atoms with Crippen LogP contribution in [0.15, 0.2) is 81.9 Å². The maximum Gasteiger partial charge on any atom is 0.270 e. The van der Waals surface area contributed by atoms with Crippen LogP contribution in [0, 0.1) is 13.8 Å². The van der Waals surface area contributed by atoms with E-state index in [1.165, 1.54) is 12.1 Å². The van der Waals surface area contributed by atoms with E-state index in [1.807, 2.05) is 44.2 Å². The highest BCUT2D eigenvalue weighted by Gasteiger charge is 2.40. The number of hydrogen-bond donors (Lipinski definition) is 1. The molecule has 0 atom stereocenters. The molecular weight excluding hydrogens is 400 g/mol. The zero-order valence-electron chi connectivity index (χ0n) is 16.5. The first-order valence-corrected chi connectivity index (χ1v) is 10.8. The van der Waals surface area contributed by atoms with Crippen LogP contribution in [0.3, 0.4) is 0 Å². The van der Waals surface area contributed by atoms with Gasteiger partial charge in [0, 0.05) is 5.69 Å². The van der Waals surface area contributed by atoms with Crippen molar-refractivity contribution in [2.75, 3.05) is 12.0 Å². The Balaban J connectivity index is 1.49. The number of rotatable bonds is 5. The standard InChI is InChI=1S/C22H20N4O3S/c1-15-7-3-5-9-20(15)25-24-17-11-12-19(16(2)13-17)23-14-26-22(27)18-8-4-6-10-21(18)30(26,28)29/h3-13,23H,14H2,1-2H3. The lowest BCUT2D eigenvalue weighted by Crippen LogP contribution is -2.34. The van der Waals surface area contributed by atoms with Crippen molar-refractivity contribution < 1.29 is 13.2 Å². The van der Waals surface area contributed by atoms with Crippen molar-refractivity contribution in [1.29, 1.82) is 0 Å². The van der Waals surface area contributed by atoms with Crippen molar-refractivity contribution in [3.05, 3.63) is 83.4 Å². The quantitative estimate of drug-likeness (QED) is 0.592. The van der Waals surface area contributed by atoms with E-state index >= 15 is 0 Å². The maximum absolute atomic E-state index is 12.6. The Kier molecular flexibility index (Phi) is 5.09. The molecule has 1 aliphatic rings. The molecule has 1 aliphatic heterocycles. The molecule has 0 bridgehead atoms. The fourth-order valence-electron chi connectivity index (χ4n) is 3.24. The van der Waals surface area contributed by atoms with E-state index in [1.54, 1.807) is 24.3 Å². The van der Waals surface area contributed by atoms with Crippen LogP contribution >= 0.6 is 0 Å². The fraction of sp³-hybridized carbons (Fsp3) is 0.136. The van der Waals surface area contributed by atoms with E-state index in [9.17, 15) is 13.2 Å². The van der Waals surface area contributed by atoms with Gasteiger partial charge in [-0.15, -0.1) is 0 Å². The second-order valence-corrected chi connectivity index (χ2v) is 8.81. The third kappa shape index (κ3) is 3.57. The van der Waals surface area contributed by atoms with Gasteiger partial charge in [-0.1, -0.05) is 30.3 Å². The Bertz CT molecular complexity index is 1270. The molecule has 1 heterocycles. The van der Waals surface area contributed by atoms with Gasteiger partial charge in [0.05, 0.1) is 16.9 Å². The van der Waals surface area contributed by atoms with Crippen LogP contribution in [-0.4, -0.2) is 25.3 Å². The highest BCUT2D eigenvalue weighted by atomic mass is 32.2. The number of aryl methyl sites for hydroxylation is 2. The monoisotopic (exact) mass is 420 g/mol. The normalized spacial score (nSPS) is 14.9. The number of benzene rings is 3. The van der Waals surface area contributed by atoms with Gasteiger partial charge < -0.3 is 5.32 Å². The summed E-state index contributed by atoms with van der Waals surface area (Å²) in [5.74, 6) is -0.528. The lowest BCUT2D eigenvalue weighted by Gasteiger charge is -2.17. The fourth-order valence-corrected chi connectivity index (χ4v) is 4.71. The molecule has 30 heavy (non-hydrogen) atoms. The van der Waals surface area contributed by atoms with Gasteiger partial charge in [0.2, 0.25) is 0 Å². The molecule has 8 heteroatoms. The minimum absolute atomic E-state index is 0.0421. The Hall–Kier alpha value is -3.52. The average Bonchev–Trinajstić information content (AvgIpc) is 2.93. The second kappa shape index (κ2) is 7.72. The number of anilines is 1. The van der Waals surface area contributed by atoms with E-state index < -0.39 is 15.9 Å². The molecule has 7 nitrogen and oxygen atoms in total. The highest BCUT2D eigenvalue weighted by Crippen LogP contribution is 2.30. The molecule has 1 N–H and O–H groups in total. The van der Waals surface area contributed by atoms with Crippen molar-refractivity contribution in [1.82, 2.24) is 4.31 Å². The molecule has 3 aromatic carbocycles. The molecule has 0 spiro atoms. The number of sulfonamides is 1. The minimum atomic E-state index is -3.84. The van der Waals surface area contributed by atoms with Gasteiger partial charge in [-0.25, -0.2) is 12.7 Å². The summed E-state index contributed by atoms with van der Waals surface area (Å²) >= 11 is 0. The number of amides is 1. The molecule has 0 unspecified atom stereocenters. The van der Waals surface area contributed by atoms with Crippen molar-refractivity contribution in [3.8, 4) is 0 Å². The summed E-state index contributed by atoms with van der Waals surface area (Å²) in [5.41, 5.74) is 4.28. The lowest BCUT2D eigenvalue weighted by atomic mass is 10.2. The zero-order valence-corrected chi connectivity index (χ0v) is 17.3. The topological polar surface area (TPSA) is 91.2 Å². The van der Waals surface area contributed by atoms with Gasteiger partial charge in [0.25, 0.3) is 15.9 Å². The predicted molar refractivity (Wildman–Crippen MR) is 115 cm³/mol. The SMILES string of the molecule is Cc1ccccc1N=Nc1ccc(NCN2C(=O)c3ccccc3S2(=O)=O)c(C)c1. The zero-order chi connectivity index (χ0) is 21.3. The smallest absolute Gasteiger partial charge is 0.270 e. The summed E-state index contributed by atoms with van der Waals surface area (Å²) in [6, 6.07) is 19.4. The van der Waals surface area contributed by atoms with Crippen LogP contribution in [0.4, 0.5) is 17.1 Å². The van der Waals surface area contributed by atoms with Crippen molar-refractivity contribution in [2.24, 2.45) is 10.2 Å². The lowest BCUT2D eigenvalue weighted by molar-refractivity contribution is 0.0877. The number of fused-ring (bicyclic) bond motifs is 1. The third-order valence-electron chi connectivity index (χ3n) is 4.92. The largest absolute Gasteiger partial charge is 0.367 e. The number of carbonyl (C=O) groups is 1. The van der Waals surface area contributed by atoms with Gasteiger partial charge in [-0.05, 0) is 61.4 Å². The third-order valence-corrected chi connectivity index (χ3v) is 6.71. The summed E-state index contributed by atoms with van der Waals surface area (Å²) in [6.45, 7) is 3.70. The van der Waals surface area contributed by atoms with Gasteiger partial charge in [0.15, 0.2) is 0 Å². The van der Waals surface area contributed by atoms with Gasteiger partial charge in [0.1, 0.15) is 11.6 Å². The van der Waals surface area contributed by atoms with Crippen LogP contribution in [-0.2, 0) is 10.0 Å². The maximum atomic E-state index is 12.6. The second-order valence-electron chi connectivity index (χ2n) is 6.98. The minimum Gasteiger partial charge on any atom is -0.367 e. The Morgan fingerprint density at radius 3 is 2.37 bits per heavy atom. The predicted octanol–water partition coefficient (Wildman–Crippen LogP) is 4.93. The molecule has 0 aromatic heterocycles. The van der Waals surface area contributed by atoms with E-state index in [4.69, 9.17) is 0 Å². The molecule has 0 aliphatic carbocycles. The molecule has 0 saturated carbocycles. The first-order valence-electron chi connectivity index (χ1n) is 9.36. The van der Waals surface area contributed by atoms with Gasteiger partial charge in [-0.2, -0.15) is 10.2 Å². The van der Waals surface area contributed by atoms with E-state index in [0.717, 1.165) is 21.1 Å². The number of hydrogen-bond acceptors (Lipinski definition) is 6. The van der Waals surface area contributed by atoms with Crippen LogP contribution < -0.4 is 5.32 Å². The number of nitrogens with one attached hydrogen (secondary N) is 1. The van der Waals surface area contributed by atoms with E-state index in [2.05, 4.69) is 15.5 Å². The van der Waals surface area contributed by atoms with Crippen LogP contribution in [0.2, 0.25) is 0 Å². The summed E-state index contributed by atoms with van der Waals surface area (Å²) in [5, 5.41) is 11.6. The molecule has 3 aromatic rings. The van der Waals surface area contributed by atoms with E-state index in [0.29, 0.717) is 11.4 Å². The first-order chi connectivity index (χ1) is 14.4. The Labute approximate surface area is 175 Å². The Morgan fingerprint density at radius 2 is 1.63 bits per heavy atom. The summed E-state index contributed by atoms with van der Waals surface area (Å²) < 4.78 is 26.1. The average molecular weight is 420 g/mol. The molecular formula is C22H20N4O3S. The van der Waals surface area contributed by atoms with Crippen molar-refractivity contribution in [3.63, 3.8) is 0 Å². The Morgan fingerprint density at radius 1 is 0.900 bits per heavy atom. The summed E-state index contributed by atoms with van der Waals surface area (Å²) in [4.78, 5) is 12.5. The molecule has 152 valence electrons. The van der Waals surface area contributed by atoms with Crippen LogP contribution in [0.25, 0.3) is 0 Å². The van der Waals surface area contributed by atoms with Crippen molar-refractivity contribution >= 4 is 33.0 Å². The molecule has 1 amide bonds. The molecule has 4 rings (SSSR count). The highest BCUT2D eigenvalue weighted by molar-refractivity contribution is 7.90. The van der Waals surface area contributed by atoms with Gasteiger partial charge >= 0.3 is 0 Å². The van der Waals surface area contributed by atoms with Crippen molar-refractivity contribution in [2.45, 2.75) is 18.7 Å². The number of carbonyl (C=O) groups excluding carboxylic acids is 1. The number of nitrogens with zero attached hydrogens (tertiary/aromatic N) is 3. The van der Waals surface area contributed by atoms with Gasteiger partial charge in [-0.3, -0.25) is 4.79 Å². The summed E-state index contributed by atoms with van der Waals surface area (Å²) in [7, 11) is -3.84. The van der Waals surface area contributed by atoms with Crippen LogP contribution in [0.1, 0.15) is 21.5 Å². The van der Waals surface area contributed by atoms with E-state index in [-0.39, 0.29) is 17.1 Å².